The highest BCUT2D eigenvalue weighted by atomic mass is 35.5. The van der Waals surface area contributed by atoms with E-state index in [0.717, 1.165) is 10.5 Å². The molecule has 0 aliphatic rings. The van der Waals surface area contributed by atoms with Crippen LogP contribution in [0.25, 0.3) is 0 Å². The lowest BCUT2D eigenvalue weighted by atomic mass is 10.0. The van der Waals surface area contributed by atoms with Crippen molar-refractivity contribution < 1.29 is 4.21 Å². The van der Waals surface area contributed by atoms with Crippen LogP contribution in [0.3, 0.4) is 0 Å². The lowest BCUT2D eigenvalue weighted by molar-refractivity contribution is 0.643. The quantitative estimate of drug-likeness (QED) is 0.932. The van der Waals surface area contributed by atoms with Crippen LogP contribution in [0.15, 0.2) is 53.4 Å². The molecule has 106 valence electrons. The smallest absolute Gasteiger partial charge is 0.0577 e. The molecule has 0 fully saturated rings. The van der Waals surface area contributed by atoms with Crippen LogP contribution in [0.5, 0.6) is 0 Å². The molecule has 0 spiro atoms. The highest BCUT2D eigenvalue weighted by Gasteiger charge is 2.22. The van der Waals surface area contributed by atoms with Crippen LogP contribution in [0, 0.1) is 6.92 Å². The van der Waals surface area contributed by atoms with E-state index < -0.39 is 10.8 Å². The Morgan fingerprint density at radius 2 is 1.60 bits per heavy atom. The average Bonchev–Trinajstić information content (AvgIpc) is 2.46. The zero-order chi connectivity index (χ0) is 14.7. The third-order valence-electron chi connectivity index (χ3n) is 3.35. The van der Waals surface area contributed by atoms with Gasteiger partial charge in [0, 0.05) is 16.0 Å². The molecule has 2 aromatic carbocycles. The van der Waals surface area contributed by atoms with E-state index in [2.05, 4.69) is 0 Å². The Kier molecular flexibility index (Phi) is 4.97. The van der Waals surface area contributed by atoms with E-state index >= 15 is 0 Å². The molecule has 0 amide bonds. The monoisotopic (exact) mass is 307 g/mol. The fourth-order valence-electron chi connectivity index (χ4n) is 1.98. The Hall–Kier alpha value is -1.16. The second kappa shape index (κ2) is 6.53. The molecule has 0 aliphatic heterocycles. The largest absolute Gasteiger partial charge is 0.323 e. The molecule has 0 saturated heterocycles. The van der Waals surface area contributed by atoms with Gasteiger partial charge in [0.05, 0.1) is 16.0 Å². The number of benzene rings is 2. The Labute approximate surface area is 127 Å². The normalized spacial score (nSPS) is 15.6. The van der Waals surface area contributed by atoms with Gasteiger partial charge in [-0.2, -0.15) is 0 Å². The summed E-state index contributed by atoms with van der Waals surface area (Å²) in [4.78, 5) is 0.754. The third-order valence-corrected chi connectivity index (χ3v) is 5.31. The van der Waals surface area contributed by atoms with E-state index in [-0.39, 0.29) is 11.3 Å². The Morgan fingerprint density at radius 1 is 1.05 bits per heavy atom. The molecular formula is C16H18ClNOS. The molecule has 3 unspecified atom stereocenters. The summed E-state index contributed by atoms with van der Waals surface area (Å²) < 4.78 is 12.5. The first-order valence-electron chi connectivity index (χ1n) is 6.47. The van der Waals surface area contributed by atoms with Gasteiger partial charge < -0.3 is 5.73 Å². The van der Waals surface area contributed by atoms with Crippen molar-refractivity contribution in [3.05, 3.63) is 64.7 Å². The number of aryl methyl sites for hydroxylation is 1. The minimum absolute atomic E-state index is 0.168. The van der Waals surface area contributed by atoms with Crippen molar-refractivity contribution in [2.45, 2.75) is 30.0 Å². The van der Waals surface area contributed by atoms with Crippen LogP contribution in [-0.4, -0.2) is 9.46 Å². The second-order valence-electron chi connectivity index (χ2n) is 4.89. The van der Waals surface area contributed by atoms with Gasteiger partial charge in [0.1, 0.15) is 0 Å². The maximum Gasteiger partial charge on any atom is 0.0577 e. The van der Waals surface area contributed by atoms with Crippen molar-refractivity contribution in [1.82, 2.24) is 0 Å². The van der Waals surface area contributed by atoms with Crippen LogP contribution in [0.2, 0.25) is 5.02 Å². The van der Waals surface area contributed by atoms with Crippen LogP contribution in [-0.2, 0) is 10.8 Å². The number of hydrogen-bond acceptors (Lipinski definition) is 2. The first-order valence-corrected chi connectivity index (χ1v) is 8.06. The average molecular weight is 308 g/mol. The lowest BCUT2D eigenvalue weighted by Gasteiger charge is -2.20. The van der Waals surface area contributed by atoms with Crippen molar-refractivity contribution in [3.8, 4) is 0 Å². The van der Waals surface area contributed by atoms with E-state index in [9.17, 15) is 4.21 Å². The van der Waals surface area contributed by atoms with E-state index in [4.69, 9.17) is 17.3 Å². The van der Waals surface area contributed by atoms with Crippen molar-refractivity contribution in [1.29, 1.82) is 0 Å². The number of rotatable bonds is 4. The minimum atomic E-state index is -1.16. The van der Waals surface area contributed by atoms with Gasteiger partial charge in [-0.25, -0.2) is 0 Å². The molecule has 20 heavy (non-hydrogen) atoms. The third kappa shape index (κ3) is 3.48. The van der Waals surface area contributed by atoms with Crippen molar-refractivity contribution >= 4 is 22.4 Å². The Bertz CT molecular complexity index is 595. The summed E-state index contributed by atoms with van der Waals surface area (Å²) in [5.74, 6) is 0. The summed E-state index contributed by atoms with van der Waals surface area (Å²) in [6, 6.07) is 14.9. The highest BCUT2D eigenvalue weighted by molar-refractivity contribution is 7.85. The van der Waals surface area contributed by atoms with E-state index in [1.165, 1.54) is 5.56 Å². The van der Waals surface area contributed by atoms with Gasteiger partial charge in [-0.15, -0.1) is 0 Å². The number of hydrogen-bond donors (Lipinski definition) is 1. The Balaban J connectivity index is 2.17. The maximum atomic E-state index is 12.5. The fourth-order valence-corrected chi connectivity index (χ4v) is 3.36. The summed E-state index contributed by atoms with van der Waals surface area (Å²) in [6.07, 6.45) is 0. The Morgan fingerprint density at radius 3 is 2.15 bits per heavy atom. The zero-order valence-electron chi connectivity index (χ0n) is 11.5. The molecule has 0 heterocycles. The van der Waals surface area contributed by atoms with Gasteiger partial charge in [-0.1, -0.05) is 41.4 Å². The fraction of sp³-hybridized carbons (Fsp3) is 0.250. The SMILES string of the molecule is Cc1ccc(C(N)C(C)S(=O)c2ccc(Cl)cc2)cc1. The summed E-state index contributed by atoms with van der Waals surface area (Å²) in [7, 11) is -1.16. The van der Waals surface area contributed by atoms with Crippen LogP contribution in [0.4, 0.5) is 0 Å². The molecule has 0 saturated carbocycles. The van der Waals surface area contributed by atoms with Gasteiger partial charge in [-0.3, -0.25) is 4.21 Å². The van der Waals surface area contributed by atoms with E-state index in [1.807, 2.05) is 38.1 Å². The minimum Gasteiger partial charge on any atom is -0.323 e. The van der Waals surface area contributed by atoms with Gasteiger partial charge in [-0.05, 0) is 43.7 Å². The van der Waals surface area contributed by atoms with Crippen LogP contribution >= 0.6 is 11.6 Å². The molecule has 0 aromatic heterocycles. The molecule has 0 radical (unpaired) electrons. The maximum absolute atomic E-state index is 12.5. The molecular weight excluding hydrogens is 290 g/mol. The molecule has 0 bridgehead atoms. The van der Waals surface area contributed by atoms with Crippen molar-refractivity contribution in [2.75, 3.05) is 0 Å². The number of nitrogens with two attached hydrogens (primary N) is 1. The van der Waals surface area contributed by atoms with Crippen LogP contribution < -0.4 is 5.73 Å². The van der Waals surface area contributed by atoms with E-state index in [1.54, 1.807) is 24.3 Å². The standard InChI is InChI=1S/C16H18ClNOS/c1-11-3-5-13(6-4-11)16(18)12(2)20(19)15-9-7-14(17)8-10-15/h3-10,12,16H,18H2,1-2H3. The molecule has 2 rings (SSSR count). The molecule has 0 aliphatic carbocycles. The summed E-state index contributed by atoms with van der Waals surface area (Å²) >= 11 is 5.85. The van der Waals surface area contributed by atoms with Crippen LogP contribution in [0.1, 0.15) is 24.1 Å². The van der Waals surface area contributed by atoms with Crippen molar-refractivity contribution in [2.24, 2.45) is 5.73 Å². The predicted molar refractivity (Wildman–Crippen MR) is 85.4 cm³/mol. The van der Waals surface area contributed by atoms with Crippen molar-refractivity contribution in [3.63, 3.8) is 0 Å². The summed E-state index contributed by atoms with van der Waals surface area (Å²) in [5, 5.41) is 0.472. The van der Waals surface area contributed by atoms with Gasteiger partial charge in [0.15, 0.2) is 0 Å². The van der Waals surface area contributed by atoms with Gasteiger partial charge >= 0.3 is 0 Å². The topological polar surface area (TPSA) is 43.1 Å². The summed E-state index contributed by atoms with van der Waals surface area (Å²) in [5.41, 5.74) is 8.43. The lowest BCUT2D eigenvalue weighted by Crippen LogP contribution is -2.27. The first-order chi connectivity index (χ1) is 9.49. The van der Waals surface area contributed by atoms with Gasteiger partial charge in [0.2, 0.25) is 0 Å². The molecule has 2 aromatic rings. The highest BCUT2D eigenvalue weighted by Crippen LogP contribution is 2.23. The van der Waals surface area contributed by atoms with Gasteiger partial charge in [0.25, 0.3) is 0 Å². The molecule has 2 nitrogen and oxygen atoms in total. The summed E-state index contributed by atoms with van der Waals surface area (Å²) in [6.45, 7) is 3.94. The molecule has 2 N–H and O–H groups in total. The molecule has 4 heteroatoms. The first kappa shape index (κ1) is 15.2. The number of halogens is 1. The second-order valence-corrected chi connectivity index (χ2v) is 7.14. The van der Waals surface area contributed by atoms with E-state index in [0.29, 0.717) is 5.02 Å². The zero-order valence-corrected chi connectivity index (χ0v) is 13.1. The molecule has 3 atom stereocenters. The predicted octanol–water partition coefficient (Wildman–Crippen LogP) is 3.84.